The van der Waals surface area contributed by atoms with E-state index in [1.807, 2.05) is 19.3 Å². The van der Waals surface area contributed by atoms with Crippen LogP contribution < -0.4 is 11.1 Å². The lowest BCUT2D eigenvalue weighted by molar-refractivity contribution is -0.126. The van der Waals surface area contributed by atoms with Crippen molar-refractivity contribution in [1.82, 2.24) is 21.1 Å². The molecule has 2 rings (SSSR count). The molecule has 60 valence electrons. The van der Waals surface area contributed by atoms with Crippen LogP contribution >= 0.6 is 0 Å². The number of carbonyl (C=O) groups is 1. The molecule has 0 radical (unpaired) electrons. The van der Waals surface area contributed by atoms with Crippen molar-refractivity contribution in [2.24, 2.45) is 0 Å². The lowest BCUT2D eigenvalue weighted by Gasteiger charge is -2.24. The fourth-order valence-electron chi connectivity index (χ4n) is 1.32. The average molecular weight is 154 g/mol. The number of fused-ring (bicyclic) bond motifs is 1. The van der Waals surface area contributed by atoms with Crippen molar-refractivity contribution in [3.8, 4) is 0 Å². The molecular weight excluding hydrogens is 144 g/mol. The molecule has 0 aromatic rings. The number of ketones is 1. The molecule has 11 heavy (non-hydrogen) atoms. The van der Waals surface area contributed by atoms with E-state index in [2.05, 4.69) is 11.1 Å². The van der Waals surface area contributed by atoms with Gasteiger partial charge in [-0.05, 0) is 0 Å². The second-order valence-corrected chi connectivity index (χ2v) is 2.67. The quantitative estimate of drug-likeness (QED) is 0.467. The summed E-state index contributed by atoms with van der Waals surface area (Å²) in [5.74, 6) is 0.201. The Balaban J connectivity index is 2.24. The number of Topliss-reactive ketones (excluding diaryl/α,β-unsaturated/α-hetero) is 1. The molecule has 0 spiro atoms. The summed E-state index contributed by atoms with van der Waals surface area (Å²) in [5, 5.41) is 3.48. The second kappa shape index (κ2) is 2.30. The number of carbonyl (C=O) groups excluding carboxylic acids is 1. The van der Waals surface area contributed by atoms with Crippen molar-refractivity contribution < 1.29 is 4.79 Å². The van der Waals surface area contributed by atoms with Crippen LogP contribution in [0.3, 0.4) is 0 Å². The first-order valence-electron chi connectivity index (χ1n) is 3.51. The van der Waals surface area contributed by atoms with Gasteiger partial charge in [0.25, 0.3) is 0 Å². The third-order valence-electron chi connectivity index (χ3n) is 1.86. The van der Waals surface area contributed by atoms with Crippen LogP contribution in [0.25, 0.3) is 0 Å². The average Bonchev–Trinajstić information content (AvgIpc) is 2.34. The second-order valence-electron chi connectivity index (χ2n) is 2.67. The molecule has 2 N–H and O–H groups in total. The summed E-state index contributed by atoms with van der Waals surface area (Å²) in [4.78, 5) is 11.3. The summed E-state index contributed by atoms with van der Waals surface area (Å²) in [6, 6.07) is 0. The molecule has 1 unspecified atom stereocenters. The standard InChI is InChI=1S/C6H10N4O/c1-9-6-5(11)3-2-4-10(6)8-7-9/h2,4,6-8H,3H2,1H3. The van der Waals surface area contributed by atoms with Crippen LogP contribution in [0, 0.1) is 0 Å². The Kier molecular flexibility index (Phi) is 1.42. The van der Waals surface area contributed by atoms with E-state index < -0.39 is 0 Å². The summed E-state index contributed by atoms with van der Waals surface area (Å²) in [6.45, 7) is 0. The van der Waals surface area contributed by atoms with Gasteiger partial charge in [0.05, 0.1) is 0 Å². The molecule has 5 nitrogen and oxygen atoms in total. The smallest absolute Gasteiger partial charge is 0.176 e. The number of rotatable bonds is 0. The third kappa shape index (κ3) is 0.936. The van der Waals surface area contributed by atoms with Crippen LogP contribution in [0.1, 0.15) is 6.42 Å². The first-order chi connectivity index (χ1) is 5.29. The van der Waals surface area contributed by atoms with Gasteiger partial charge in [0.2, 0.25) is 0 Å². The summed E-state index contributed by atoms with van der Waals surface area (Å²) in [5.41, 5.74) is 5.67. The molecule has 2 aliphatic rings. The van der Waals surface area contributed by atoms with Crippen LogP contribution in [-0.2, 0) is 4.79 Å². The van der Waals surface area contributed by atoms with Crippen molar-refractivity contribution >= 4 is 5.78 Å². The fraction of sp³-hybridized carbons (Fsp3) is 0.500. The van der Waals surface area contributed by atoms with E-state index in [1.165, 1.54) is 0 Å². The lowest BCUT2D eigenvalue weighted by atomic mass is 10.2. The van der Waals surface area contributed by atoms with Gasteiger partial charge in [0.1, 0.15) is 0 Å². The van der Waals surface area contributed by atoms with Gasteiger partial charge < -0.3 is 0 Å². The molecule has 0 aliphatic carbocycles. The van der Waals surface area contributed by atoms with E-state index in [-0.39, 0.29) is 11.9 Å². The molecular formula is C6H10N4O. The largest absolute Gasteiger partial charge is 0.295 e. The highest BCUT2D eigenvalue weighted by Crippen LogP contribution is 2.13. The Morgan fingerprint density at radius 3 is 3.18 bits per heavy atom. The van der Waals surface area contributed by atoms with Gasteiger partial charge in [-0.1, -0.05) is 6.08 Å². The highest BCUT2D eigenvalue weighted by atomic mass is 16.1. The minimum atomic E-state index is -0.181. The van der Waals surface area contributed by atoms with Crippen molar-refractivity contribution in [2.45, 2.75) is 12.6 Å². The zero-order chi connectivity index (χ0) is 7.84. The van der Waals surface area contributed by atoms with Gasteiger partial charge in [-0.25, -0.2) is 5.01 Å². The summed E-state index contributed by atoms with van der Waals surface area (Å²) < 4.78 is 0. The number of nitrogens with zero attached hydrogens (tertiary/aromatic N) is 2. The molecule has 0 bridgehead atoms. The van der Waals surface area contributed by atoms with Gasteiger partial charge in [0, 0.05) is 19.7 Å². The molecule has 0 aromatic carbocycles. The Hall–Kier alpha value is -0.910. The zero-order valence-corrected chi connectivity index (χ0v) is 6.24. The van der Waals surface area contributed by atoms with Crippen molar-refractivity contribution in [3.05, 3.63) is 12.3 Å². The van der Waals surface area contributed by atoms with Crippen molar-refractivity contribution in [1.29, 1.82) is 0 Å². The molecule has 1 fully saturated rings. The van der Waals surface area contributed by atoms with Crippen LogP contribution in [0.5, 0.6) is 0 Å². The van der Waals surface area contributed by atoms with Gasteiger partial charge in [-0.3, -0.25) is 9.80 Å². The highest BCUT2D eigenvalue weighted by Gasteiger charge is 2.34. The Labute approximate surface area is 64.6 Å². The van der Waals surface area contributed by atoms with E-state index in [0.29, 0.717) is 6.42 Å². The number of allylic oxidation sites excluding steroid dienone is 1. The molecule has 1 atom stereocenters. The monoisotopic (exact) mass is 154 g/mol. The normalized spacial score (nSPS) is 31.2. The predicted octanol–water partition coefficient (Wildman–Crippen LogP) is -1.03. The van der Waals surface area contributed by atoms with E-state index in [4.69, 9.17) is 0 Å². The van der Waals surface area contributed by atoms with Crippen LogP contribution in [0.2, 0.25) is 0 Å². The maximum Gasteiger partial charge on any atom is 0.176 e. The van der Waals surface area contributed by atoms with E-state index in [9.17, 15) is 4.79 Å². The Morgan fingerprint density at radius 2 is 2.45 bits per heavy atom. The lowest BCUT2D eigenvalue weighted by Crippen LogP contribution is -2.44. The number of likely N-dealkylation sites (N-methyl/N-ethyl adjacent to an activating group) is 1. The van der Waals surface area contributed by atoms with Crippen LogP contribution in [0.15, 0.2) is 12.3 Å². The predicted molar refractivity (Wildman–Crippen MR) is 38.4 cm³/mol. The Bertz CT molecular complexity index is 215. The van der Waals surface area contributed by atoms with Crippen molar-refractivity contribution in [3.63, 3.8) is 0 Å². The molecule has 2 heterocycles. The molecule has 1 saturated heterocycles. The topological polar surface area (TPSA) is 47.6 Å². The Morgan fingerprint density at radius 1 is 1.64 bits per heavy atom. The summed E-state index contributed by atoms with van der Waals surface area (Å²) in [6.07, 6.45) is 4.05. The minimum Gasteiger partial charge on any atom is -0.295 e. The highest BCUT2D eigenvalue weighted by molar-refractivity contribution is 5.85. The number of hydrazine groups is 3. The van der Waals surface area contributed by atoms with Gasteiger partial charge >= 0.3 is 0 Å². The zero-order valence-electron chi connectivity index (χ0n) is 6.24. The summed E-state index contributed by atoms with van der Waals surface area (Å²) in [7, 11) is 1.83. The molecule has 5 heteroatoms. The SMILES string of the molecule is CN1NNN2C=CCC(=O)C12. The molecule has 0 saturated carbocycles. The van der Waals surface area contributed by atoms with E-state index in [0.717, 1.165) is 0 Å². The third-order valence-corrected chi connectivity index (χ3v) is 1.86. The fourth-order valence-corrected chi connectivity index (χ4v) is 1.32. The molecule has 2 aliphatic heterocycles. The molecule has 0 aromatic heterocycles. The first kappa shape index (κ1) is 6.78. The van der Waals surface area contributed by atoms with E-state index in [1.54, 1.807) is 10.0 Å². The number of hydrogen-bond donors (Lipinski definition) is 2. The molecule has 0 amide bonds. The van der Waals surface area contributed by atoms with Gasteiger partial charge in [0.15, 0.2) is 11.9 Å². The van der Waals surface area contributed by atoms with Crippen LogP contribution in [-0.4, -0.2) is 29.0 Å². The first-order valence-corrected chi connectivity index (χ1v) is 3.51. The minimum absolute atomic E-state index is 0.181. The van der Waals surface area contributed by atoms with Gasteiger partial charge in [-0.15, -0.1) is 0 Å². The maximum atomic E-state index is 11.3. The van der Waals surface area contributed by atoms with Crippen molar-refractivity contribution in [2.75, 3.05) is 7.05 Å². The number of nitrogens with one attached hydrogen (secondary N) is 2. The number of hydrogen-bond acceptors (Lipinski definition) is 5. The summed E-state index contributed by atoms with van der Waals surface area (Å²) >= 11 is 0. The van der Waals surface area contributed by atoms with E-state index >= 15 is 0 Å². The van der Waals surface area contributed by atoms with Crippen LogP contribution in [0.4, 0.5) is 0 Å². The maximum absolute atomic E-state index is 11.3. The van der Waals surface area contributed by atoms with Gasteiger partial charge in [-0.2, -0.15) is 11.1 Å².